The number of hydrogen-bond donors (Lipinski definition) is 0. The van der Waals surface area contributed by atoms with E-state index in [1.165, 1.54) is 0 Å². The number of hydrogen-bond acceptors (Lipinski definition) is 5. The first kappa shape index (κ1) is 16.4. The van der Waals surface area contributed by atoms with Crippen molar-refractivity contribution in [3.63, 3.8) is 0 Å². The molecule has 0 saturated heterocycles. The van der Waals surface area contributed by atoms with Gasteiger partial charge in [0.15, 0.2) is 0 Å². The zero-order valence-electron chi connectivity index (χ0n) is 14.5. The molecule has 0 aliphatic carbocycles. The number of ether oxygens (including phenoxy) is 1. The van der Waals surface area contributed by atoms with Gasteiger partial charge in [-0.05, 0) is 19.1 Å². The van der Waals surface area contributed by atoms with E-state index in [-0.39, 0.29) is 11.8 Å². The van der Waals surface area contributed by atoms with Gasteiger partial charge >= 0.3 is 0 Å². The predicted octanol–water partition coefficient (Wildman–Crippen LogP) is 2.53. The third-order valence-corrected chi connectivity index (χ3v) is 4.57. The van der Waals surface area contributed by atoms with E-state index in [2.05, 4.69) is 14.5 Å². The van der Waals surface area contributed by atoms with Crippen molar-refractivity contribution >= 4 is 5.91 Å². The molecule has 3 aromatic rings. The summed E-state index contributed by atoms with van der Waals surface area (Å²) in [5, 5.41) is 0. The van der Waals surface area contributed by atoms with Gasteiger partial charge in [-0.1, -0.05) is 6.07 Å². The van der Waals surface area contributed by atoms with Crippen LogP contribution in [0.15, 0.2) is 53.7 Å². The summed E-state index contributed by atoms with van der Waals surface area (Å²) in [7, 11) is 0. The highest BCUT2D eigenvalue weighted by Crippen LogP contribution is 2.21. The van der Waals surface area contributed by atoms with Crippen molar-refractivity contribution in [1.82, 2.24) is 19.4 Å². The van der Waals surface area contributed by atoms with E-state index in [0.717, 1.165) is 12.2 Å². The van der Waals surface area contributed by atoms with E-state index in [1.807, 2.05) is 29.3 Å². The first-order valence-corrected chi connectivity index (χ1v) is 8.57. The molecular formula is C19H20N4O3. The average molecular weight is 352 g/mol. The van der Waals surface area contributed by atoms with Crippen molar-refractivity contribution in [2.24, 2.45) is 5.92 Å². The summed E-state index contributed by atoms with van der Waals surface area (Å²) in [6.07, 6.45) is 6.87. The van der Waals surface area contributed by atoms with Crippen molar-refractivity contribution in [1.29, 1.82) is 0 Å². The van der Waals surface area contributed by atoms with Gasteiger partial charge in [0.05, 0.1) is 37.0 Å². The number of pyridine rings is 1. The van der Waals surface area contributed by atoms with Gasteiger partial charge in [0.2, 0.25) is 5.88 Å². The van der Waals surface area contributed by atoms with Crippen LogP contribution in [0.2, 0.25) is 0 Å². The van der Waals surface area contributed by atoms with Crippen LogP contribution in [-0.2, 0) is 13.1 Å². The molecule has 4 rings (SSSR count). The molecule has 1 amide bonds. The Morgan fingerprint density at radius 1 is 1.35 bits per heavy atom. The number of aryl methyl sites for hydroxylation is 1. The number of carbonyl (C=O) groups excluding carboxylic acids is 1. The predicted molar refractivity (Wildman–Crippen MR) is 93.6 cm³/mol. The number of furan rings is 1. The van der Waals surface area contributed by atoms with Crippen LogP contribution in [0.25, 0.3) is 0 Å². The second-order valence-electron chi connectivity index (χ2n) is 6.46. The molecule has 0 spiro atoms. The Morgan fingerprint density at radius 2 is 2.27 bits per heavy atom. The first-order chi connectivity index (χ1) is 12.7. The normalized spacial score (nSPS) is 16.8. The number of carbonyl (C=O) groups is 1. The summed E-state index contributed by atoms with van der Waals surface area (Å²) >= 11 is 0. The molecule has 0 radical (unpaired) electrons. The Balaban J connectivity index is 1.53. The van der Waals surface area contributed by atoms with E-state index >= 15 is 0 Å². The molecule has 1 atom stereocenters. The number of aromatic nitrogens is 3. The maximum absolute atomic E-state index is 13.0. The monoisotopic (exact) mass is 352 g/mol. The lowest BCUT2D eigenvalue weighted by atomic mass is 10.1. The lowest BCUT2D eigenvalue weighted by Gasteiger charge is -2.24. The largest absolute Gasteiger partial charge is 0.477 e. The molecule has 0 unspecified atom stereocenters. The molecule has 3 aromatic heterocycles. The van der Waals surface area contributed by atoms with Crippen molar-refractivity contribution < 1.29 is 13.9 Å². The van der Waals surface area contributed by atoms with E-state index < -0.39 is 0 Å². The zero-order chi connectivity index (χ0) is 17.9. The highest BCUT2D eigenvalue weighted by molar-refractivity contribution is 5.95. The Kier molecular flexibility index (Phi) is 4.43. The molecule has 7 nitrogen and oxygen atoms in total. The molecule has 0 saturated carbocycles. The van der Waals surface area contributed by atoms with E-state index in [9.17, 15) is 4.79 Å². The lowest BCUT2D eigenvalue weighted by Crippen LogP contribution is -2.36. The zero-order valence-corrected chi connectivity index (χ0v) is 14.5. The van der Waals surface area contributed by atoms with E-state index in [4.69, 9.17) is 9.15 Å². The topological polar surface area (TPSA) is 73.4 Å². The van der Waals surface area contributed by atoms with Crippen LogP contribution in [0.5, 0.6) is 5.88 Å². The van der Waals surface area contributed by atoms with Gasteiger partial charge in [-0.3, -0.25) is 4.79 Å². The third kappa shape index (κ3) is 3.33. The Hall–Kier alpha value is -3.09. The van der Waals surface area contributed by atoms with Gasteiger partial charge in [-0.15, -0.1) is 0 Å². The highest BCUT2D eigenvalue weighted by Gasteiger charge is 2.27. The molecule has 1 aliphatic heterocycles. The number of imidazole rings is 1. The van der Waals surface area contributed by atoms with Crippen molar-refractivity contribution in [2.45, 2.75) is 20.0 Å². The number of amides is 1. The van der Waals surface area contributed by atoms with Crippen LogP contribution in [-0.4, -0.2) is 38.5 Å². The Bertz CT molecular complexity index is 887. The SMILES string of the molecule is Cc1occc1C(=O)N1Cc2cncn2C[C@H](COc2ccccn2)C1. The molecule has 0 fully saturated rings. The fourth-order valence-electron chi connectivity index (χ4n) is 3.22. The molecule has 134 valence electrons. The molecule has 0 aromatic carbocycles. The molecular weight excluding hydrogens is 332 g/mol. The van der Waals surface area contributed by atoms with Gasteiger partial charge < -0.3 is 18.6 Å². The van der Waals surface area contributed by atoms with E-state index in [0.29, 0.717) is 36.9 Å². The lowest BCUT2D eigenvalue weighted by molar-refractivity contribution is 0.0698. The van der Waals surface area contributed by atoms with Crippen molar-refractivity contribution in [3.05, 3.63) is 66.3 Å². The summed E-state index contributed by atoms with van der Waals surface area (Å²) in [6.45, 7) is 4.14. The van der Waals surface area contributed by atoms with Crippen LogP contribution in [0.3, 0.4) is 0 Å². The van der Waals surface area contributed by atoms with Crippen LogP contribution < -0.4 is 4.74 Å². The van der Waals surface area contributed by atoms with Crippen LogP contribution in [0, 0.1) is 12.8 Å². The minimum atomic E-state index is -0.0336. The van der Waals surface area contributed by atoms with Gasteiger partial charge in [-0.25, -0.2) is 9.97 Å². The molecule has 7 heteroatoms. The Labute approximate surface area is 151 Å². The second kappa shape index (κ2) is 7.03. The molecule has 0 N–H and O–H groups in total. The fraction of sp³-hybridized carbons (Fsp3) is 0.316. The minimum absolute atomic E-state index is 0.0336. The van der Waals surface area contributed by atoms with Crippen molar-refractivity contribution in [3.8, 4) is 5.88 Å². The summed E-state index contributed by atoms with van der Waals surface area (Å²) in [5.41, 5.74) is 1.61. The highest BCUT2D eigenvalue weighted by atomic mass is 16.5. The van der Waals surface area contributed by atoms with Crippen LogP contribution >= 0.6 is 0 Å². The smallest absolute Gasteiger partial charge is 0.257 e. The summed E-state index contributed by atoms with van der Waals surface area (Å²) < 4.78 is 13.2. The summed E-state index contributed by atoms with van der Waals surface area (Å²) in [4.78, 5) is 23.2. The number of fused-ring (bicyclic) bond motifs is 1. The summed E-state index contributed by atoms with van der Waals surface area (Å²) in [6, 6.07) is 7.29. The van der Waals surface area contributed by atoms with Gasteiger partial charge in [0, 0.05) is 37.5 Å². The van der Waals surface area contributed by atoms with Gasteiger partial charge in [0.1, 0.15) is 5.76 Å². The second-order valence-corrected chi connectivity index (χ2v) is 6.46. The van der Waals surface area contributed by atoms with Gasteiger partial charge in [-0.2, -0.15) is 0 Å². The first-order valence-electron chi connectivity index (χ1n) is 8.57. The van der Waals surface area contributed by atoms with Crippen molar-refractivity contribution in [2.75, 3.05) is 13.2 Å². The molecule has 26 heavy (non-hydrogen) atoms. The number of rotatable bonds is 4. The quantitative estimate of drug-likeness (QED) is 0.721. The fourth-order valence-corrected chi connectivity index (χ4v) is 3.22. The van der Waals surface area contributed by atoms with Crippen LogP contribution in [0.4, 0.5) is 0 Å². The van der Waals surface area contributed by atoms with E-state index in [1.54, 1.807) is 31.8 Å². The third-order valence-electron chi connectivity index (χ3n) is 4.57. The minimum Gasteiger partial charge on any atom is -0.477 e. The summed E-state index contributed by atoms with van der Waals surface area (Å²) in [5.74, 6) is 1.32. The van der Waals surface area contributed by atoms with Gasteiger partial charge in [0.25, 0.3) is 5.91 Å². The van der Waals surface area contributed by atoms with Crippen LogP contribution in [0.1, 0.15) is 21.8 Å². The molecule has 4 heterocycles. The standard InChI is InChI=1S/C19H20N4O3/c1-14-17(5-7-25-14)19(24)22-9-15(10-23-13-20-8-16(23)11-22)12-26-18-4-2-3-6-21-18/h2-8,13,15H,9-12H2,1H3/t15-/m1/s1. The molecule has 0 bridgehead atoms. The maximum atomic E-state index is 13.0. The molecule has 1 aliphatic rings. The Morgan fingerprint density at radius 3 is 3.04 bits per heavy atom. The average Bonchev–Trinajstić information content (AvgIpc) is 3.24. The number of nitrogens with zero attached hydrogens (tertiary/aromatic N) is 4. The maximum Gasteiger partial charge on any atom is 0.257 e.